The molecule has 0 bridgehead atoms. The van der Waals surface area contributed by atoms with Gasteiger partial charge in [0.15, 0.2) is 5.78 Å². The highest BCUT2D eigenvalue weighted by molar-refractivity contribution is 6.09. The summed E-state index contributed by atoms with van der Waals surface area (Å²) in [6.45, 7) is 3.80. The molecule has 0 atom stereocenters. The van der Waals surface area contributed by atoms with Crippen molar-refractivity contribution in [2.75, 3.05) is 0 Å². The number of hydrogen-bond donors (Lipinski definition) is 2. The van der Waals surface area contributed by atoms with Crippen LogP contribution in [0, 0.1) is 13.8 Å². The molecule has 94 valence electrons. The number of rotatable bonds is 4. The van der Waals surface area contributed by atoms with Gasteiger partial charge in [-0.25, -0.2) is 0 Å². The van der Waals surface area contributed by atoms with Crippen LogP contribution in [-0.4, -0.2) is 21.8 Å². The summed E-state index contributed by atoms with van der Waals surface area (Å²) in [4.78, 5) is 25.7. The van der Waals surface area contributed by atoms with Gasteiger partial charge in [-0.3, -0.25) is 9.59 Å². The highest BCUT2D eigenvalue weighted by Crippen LogP contribution is 2.24. The van der Waals surface area contributed by atoms with E-state index in [-0.39, 0.29) is 18.6 Å². The van der Waals surface area contributed by atoms with Gasteiger partial charge in [0.05, 0.1) is 6.42 Å². The van der Waals surface area contributed by atoms with E-state index in [1.54, 1.807) is 0 Å². The zero-order valence-electron chi connectivity index (χ0n) is 10.4. The number of nitrogens with one attached hydrogen (secondary N) is 1. The minimum Gasteiger partial charge on any atom is -0.481 e. The Morgan fingerprint density at radius 3 is 2.61 bits per heavy atom. The summed E-state index contributed by atoms with van der Waals surface area (Å²) in [5, 5.41) is 9.50. The molecule has 0 spiro atoms. The van der Waals surface area contributed by atoms with Crippen LogP contribution in [0.1, 0.15) is 34.5 Å². The third kappa shape index (κ3) is 2.27. The molecule has 2 N–H and O–H groups in total. The van der Waals surface area contributed by atoms with Crippen molar-refractivity contribution in [1.29, 1.82) is 0 Å². The Kier molecular flexibility index (Phi) is 3.19. The average molecular weight is 245 g/mol. The maximum Gasteiger partial charge on any atom is 0.303 e. The number of H-pyrrole nitrogens is 1. The van der Waals surface area contributed by atoms with E-state index in [1.807, 2.05) is 32.0 Å². The molecule has 0 aliphatic carbocycles. The Morgan fingerprint density at radius 2 is 1.94 bits per heavy atom. The van der Waals surface area contributed by atoms with Crippen molar-refractivity contribution in [2.24, 2.45) is 0 Å². The van der Waals surface area contributed by atoms with Gasteiger partial charge in [-0.1, -0.05) is 11.6 Å². The molecular formula is C14H15NO3. The largest absolute Gasteiger partial charge is 0.481 e. The Morgan fingerprint density at radius 1 is 1.22 bits per heavy atom. The summed E-state index contributed by atoms with van der Waals surface area (Å²) in [5.41, 5.74) is 3.41. The fourth-order valence-corrected chi connectivity index (χ4v) is 2.15. The summed E-state index contributed by atoms with van der Waals surface area (Å²) in [6.07, 6.45) is -0.0895. The highest BCUT2D eigenvalue weighted by Gasteiger charge is 2.16. The van der Waals surface area contributed by atoms with Crippen molar-refractivity contribution in [1.82, 2.24) is 4.98 Å². The molecule has 2 rings (SSSR count). The van der Waals surface area contributed by atoms with Crippen LogP contribution in [0.3, 0.4) is 0 Å². The number of benzene rings is 1. The molecule has 0 amide bonds. The van der Waals surface area contributed by atoms with Crippen molar-refractivity contribution >= 4 is 22.7 Å². The number of hydrogen-bond acceptors (Lipinski definition) is 2. The van der Waals surface area contributed by atoms with Gasteiger partial charge >= 0.3 is 5.97 Å². The molecule has 0 unspecified atom stereocenters. The van der Waals surface area contributed by atoms with Crippen LogP contribution in [0.15, 0.2) is 18.2 Å². The molecule has 4 nitrogen and oxygen atoms in total. The molecule has 4 heteroatoms. The molecule has 0 aliphatic heterocycles. The lowest BCUT2D eigenvalue weighted by atomic mass is 10.0. The maximum absolute atomic E-state index is 12.1. The van der Waals surface area contributed by atoms with Crippen LogP contribution in [0.2, 0.25) is 0 Å². The van der Waals surface area contributed by atoms with Crippen molar-refractivity contribution in [3.8, 4) is 0 Å². The summed E-state index contributed by atoms with van der Waals surface area (Å²) < 4.78 is 0. The lowest BCUT2D eigenvalue weighted by molar-refractivity contribution is -0.136. The second kappa shape index (κ2) is 4.64. The lowest BCUT2D eigenvalue weighted by Gasteiger charge is -2.00. The van der Waals surface area contributed by atoms with Crippen LogP contribution < -0.4 is 0 Å². The molecule has 1 heterocycles. The van der Waals surface area contributed by atoms with E-state index < -0.39 is 5.97 Å². The number of carboxylic acids is 1. The number of Topliss-reactive ketones (excluding diaryl/α,β-unsaturated/α-hetero) is 1. The van der Waals surface area contributed by atoms with Gasteiger partial charge in [0, 0.05) is 28.6 Å². The van der Waals surface area contributed by atoms with Crippen LogP contribution in [0.5, 0.6) is 0 Å². The number of aliphatic carboxylic acids is 1. The van der Waals surface area contributed by atoms with Gasteiger partial charge in [-0.05, 0) is 26.0 Å². The third-order valence-electron chi connectivity index (χ3n) is 2.99. The van der Waals surface area contributed by atoms with Gasteiger partial charge in [0.2, 0.25) is 0 Å². The minimum absolute atomic E-state index is 0.0388. The van der Waals surface area contributed by atoms with Gasteiger partial charge in [0.1, 0.15) is 0 Å². The predicted molar refractivity (Wildman–Crippen MR) is 69.0 cm³/mol. The number of carbonyl (C=O) groups excluding carboxylic acids is 1. The second-order valence-corrected chi connectivity index (χ2v) is 4.49. The van der Waals surface area contributed by atoms with E-state index in [1.165, 1.54) is 0 Å². The fourth-order valence-electron chi connectivity index (χ4n) is 2.15. The SMILES string of the molecule is Cc1ccc2[nH]c(C)c(C(=O)CCC(=O)O)c2c1. The number of carbonyl (C=O) groups is 2. The molecule has 0 fully saturated rings. The monoisotopic (exact) mass is 245 g/mol. The van der Waals surface area contributed by atoms with Crippen LogP contribution in [-0.2, 0) is 4.79 Å². The zero-order valence-corrected chi connectivity index (χ0v) is 10.4. The van der Waals surface area contributed by atoms with E-state index in [0.29, 0.717) is 5.56 Å². The number of aromatic amines is 1. The van der Waals surface area contributed by atoms with Crippen molar-refractivity contribution < 1.29 is 14.7 Å². The molecular weight excluding hydrogens is 230 g/mol. The molecule has 0 saturated heterocycles. The zero-order chi connectivity index (χ0) is 13.3. The first-order valence-electron chi connectivity index (χ1n) is 5.83. The Balaban J connectivity index is 2.43. The van der Waals surface area contributed by atoms with E-state index in [4.69, 9.17) is 5.11 Å². The molecule has 0 saturated carbocycles. The molecule has 1 aromatic carbocycles. The van der Waals surface area contributed by atoms with Gasteiger partial charge in [-0.15, -0.1) is 0 Å². The molecule has 0 aliphatic rings. The van der Waals surface area contributed by atoms with E-state index in [2.05, 4.69) is 4.98 Å². The number of aromatic nitrogens is 1. The first kappa shape index (κ1) is 12.4. The van der Waals surface area contributed by atoms with Crippen molar-refractivity contribution in [3.63, 3.8) is 0 Å². The summed E-state index contributed by atoms with van der Waals surface area (Å²) >= 11 is 0. The number of aryl methyl sites for hydroxylation is 2. The standard InChI is InChI=1S/C14H15NO3/c1-8-3-4-11-10(7-8)14(9(2)15-11)12(16)5-6-13(17)18/h3-4,7,15H,5-6H2,1-2H3,(H,17,18). The molecule has 2 aromatic rings. The summed E-state index contributed by atoms with van der Waals surface area (Å²) in [6, 6.07) is 5.86. The topological polar surface area (TPSA) is 70.2 Å². The van der Waals surface area contributed by atoms with E-state index in [0.717, 1.165) is 22.2 Å². The molecule has 1 aromatic heterocycles. The fraction of sp³-hybridized carbons (Fsp3) is 0.286. The van der Waals surface area contributed by atoms with Gasteiger partial charge in [0.25, 0.3) is 0 Å². The quantitative estimate of drug-likeness (QED) is 0.814. The summed E-state index contributed by atoms with van der Waals surface area (Å²) in [5.74, 6) is -1.07. The van der Waals surface area contributed by atoms with Crippen LogP contribution in [0.4, 0.5) is 0 Å². The first-order chi connectivity index (χ1) is 8.49. The number of fused-ring (bicyclic) bond motifs is 1. The predicted octanol–water partition coefficient (Wildman–Crippen LogP) is 2.83. The van der Waals surface area contributed by atoms with Crippen molar-refractivity contribution in [3.05, 3.63) is 35.0 Å². The Labute approximate surface area is 105 Å². The van der Waals surface area contributed by atoms with Crippen molar-refractivity contribution in [2.45, 2.75) is 26.7 Å². The average Bonchev–Trinajstić information content (AvgIpc) is 2.61. The number of ketones is 1. The lowest BCUT2D eigenvalue weighted by Crippen LogP contribution is -2.04. The van der Waals surface area contributed by atoms with Crippen LogP contribution >= 0.6 is 0 Å². The highest BCUT2D eigenvalue weighted by atomic mass is 16.4. The molecule has 0 radical (unpaired) electrons. The maximum atomic E-state index is 12.1. The molecule has 18 heavy (non-hydrogen) atoms. The van der Waals surface area contributed by atoms with Crippen LogP contribution in [0.25, 0.3) is 10.9 Å². The normalized spacial score (nSPS) is 10.8. The Hall–Kier alpha value is -2.10. The van der Waals surface area contributed by atoms with Gasteiger partial charge in [-0.2, -0.15) is 0 Å². The van der Waals surface area contributed by atoms with E-state index in [9.17, 15) is 9.59 Å². The third-order valence-corrected chi connectivity index (χ3v) is 2.99. The number of carboxylic acid groups (broad SMARTS) is 1. The van der Waals surface area contributed by atoms with Gasteiger partial charge < -0.3 is 10.1 Å². The smallest absolute Gasteiger partial charge is 0.303 e. The first-order valence-corrected chi connectivity index (χ1v) is 5.83. The Bertz CT molecular complexity index is 625. The minimum atomic E-state index is -0.947. The summed E-state index contributed by atoms with van der Waals surface area (Å²) in [7, 11) is 0. The second-order valence-electron chi connectivity index (χ2n) is 4.49. The van der Waals surface area contributed by atoms with E-state index >= 15 is 0 Å².